The summed E-state index contributed by atoms with van der Waals surface area (Å²) in [5.41, 5.74) is 3.40. The van der Waals surface area contributed by atoms with Gasteiger partial charge in [-0.15, -0.1) is 0 Å². The second kappa shape index (κ2) is 12.5. The lowest BCUT2D eigenvalue weighted by molar-refractivity contribution is -0.0590. The second-order valence-electron chi connectivity index (χ2n) is 10.8. The van der Waals surface area contributed by atoms with Crippen LogP contribution in [0.2, 0.25) is 5.02 Å². The number of carboxylic acid groups (broad SMARTS) is 1. The fraction of sp³-hybridized carbons (Fsp3) is 0.387. The van der Waals surface area contributed by atoms with E-state index < -0.39 is 11.8 Å². The Kier molecular flexibility index (Phi) is 8.87. The van der Waals surface area contributed by atoms with Crippen LogP contribution in [-0.4, -0.2) is 38.3 Å². The van der Waals surface area contributed by atoms with Crippen LogP contribution in [0, 0.1) is 11.7 Å². The summed E-state index contributed by atoms with van der Waals surface area (Å²) in [6.45, 7) is 1.56. The summed E-state index contributed by atoms with van der Waals surface area (Å²) in [4.78, 5) is 21.2. The SMILES string of the molecule is N.O=C(O)c1ccc2nc(CC3CCC(c4cccc(OCc5ccc(Cl)cc5F)n4)CC3)n(C[C@@H]3CCO3)c2c1. The van der Waals surface area contributed by atoms with Crippen molar-refractivity contribution in [1.29, 1.82) is 0 Å². The standard InChI is InChI=1S/C31H31ClFN3O4.H3N/c32-23-10-8-22(25(33)16-23)18-40-30-3-1-2-26(35-30)20-6-4-19(5-7-20)14-29-34-27-11-9-21(31(37)38)15-28(27)36(29)17-24-12-13-39-24;/h1-3,8-11,15-16,19-20,24H,4-7,12-14,17-18H2,(H,37,38);1H3/t19?,20?,24-;/m0./s1. The number of pyridine rings is 1. The molecule has 1 aliphatic carbocycles. The molecule has 0 spiro atoms. The van der Waals surface area contributed by atoms with Gasteiger partial charge >= 0.3 is 5.97 Å². The van der Waals surface area contributed by atoms with Crippen molar-refractivity contribution in [2.45, 2.75) is 63.7 Å². The molecule has 0 unspecified atom stereocenters. The maximum atomic E-state index is 14.1. The number of imidazole rings is 1. The van der Waals surface area contributed by atoms with Crippen LogP contribution in [0.15, 0.2) is 54.6 Å². The number of aromatic carboxylic acids is 1. The number of hydrogen-bond acceptors (Lipinski definition) is 6. The number of rotatable bonds is 9. The smallest absolute Gasteiger partial charge is 0.335 e. The van der Waals surface area contributed by atoms with Gasteiger partial charge in [0, 0.05) is 41.3 Å². The molecule has 1 saturated heterocycles. The van der Waals surface area contributed by atoms with Crippen LogP contribution in [-0.2, 0) is 24.3 Å². The highest BCUT2D eigenvalue weighted by Gasteiger charge is 2.27. The lowest BCUT2D eigenvalue weighted by Gasteiger charge is -2.30. The zero-order chi connectivity index (χ0) is 27.6. The molecule has 4 aromatic rings. The predicted octanol–water partition coefficient (Wildman–Crippen LogP) is 6.97. The van der Waals surface area contributed by atoms with E-state index >= 15 is 0 Å². The van der Waals surface area contributed by atoms with E-state index in [1.807, 2.05) is 12.1 Å². The maximum Gasteiger partial charge on any atom is 0.335 e. The fourth-order valence-corrected chi connectivity index (χ4v) is 5.91. The van der Waals surface area contributed by atoms with Crippen molar-refractivity contribution in [2.75, 3.05) is 6.61 Å². The van der Waals surface area contributed by atoms with Crippen LogP contribution in [0.3, 0.4) is 0 Å². The molecule has 216 valence electrons. The number of ether oxygens (including phenoxy) is 2. The first-order chi connectivity index (χ1) is 19.4. The fourth-order valence-electron chi connectivity index (χ4n) is 5.75. The Morgan fingerprint density at radius 2 is 1.88 bits per heavy atom. The van der Waals surface area contributed by atoms with Crippen molar-refractivity contribution in [1.82, 2.24) is 20.7 Å². The summed E-state index contributed by atoms with van der Waals surface area (Å²) in [7, 11) is 0. The van der Waals surface area contributed by atoms with Crippen LogP contribution in [0.4, 0.5) is 4.39 Å². The third kappa shape index (κ3) is 6.53. The van der Waals surface area contributed by atoms with Gasteiger partial charge in [0.05, 0.1) is 29.2 Å². The molecule has 2 aromatic heterocycles. The van der Waals surface area contributed by atoms with E-state index in [0.29, 0.717) is 34.8 Å². The van der Waals surface area contributed by atoms with Gasteiger partial charge in [0.2, 0.25) is 5.88 Å². The Morgan fingerprint density at radius 1 is 1.07 bits per heavy atom. The summed E-state index contributed by atoms with van der Waals surface area (Å²) in [6.07, 6.45) is 6.14. The molecule has 1 aliphatic heterocycles. The van der Waals surface area contributed by atoms with Crippen molar-refractivity contribution < 1.29 is 23.8 Å². The Balaban J connectivity index is 0.00000337. The second-order valence-corrected chi connectivity index (χ2v) is 11.2. The predicted molar refractivity (Wildman–Crippen MR) is 154 cm³/mol. The van der Waals surface area contributed by atoms with Gasteiger partial charge in [-0.1, -0.05) is 23.7 Å². The van der Waals surface area contributed by atoms with Crippen molar-refractivity contribution in [3.05, 3.63) is 88.1 Å². The molecule has 2 aliphatic rings. The minimum Gasteiger partial charge on any atom is -0.478 e. The van der Waals surface area contributed by atoms with E-state index in [1.165, 1.54) is 6.07 Å². The maximum absolute atomic E-state index is 14.1. The summed E-state index contributed by atoms with van der Waals surface area (Å²) < 4.78 is 27.8. The third-order valence-corrected chi connectivity index (χ3v) is 8.36. The van der Waals surface area contributed by atoms with Crippen LogP contribution in [0.5, 0.6) is 5.88 Å². The molecule has 2 aromatic carbocycles. The molecule has 41 heavy (non-hydrogen) atoms. The largest absolute Gasteiger partial charge is 0.478 e. The van der Waals surface area contributed by atoms with Crippen LogP contribution in [0.1, 0.15) is 65.5 Å². The highest BCUT2D eigenvalue weighted by atomic mass is 35.5. The topological polar surface area (TPSA) is 121 Å². The Morgan fingerprint density at radius 3 is 2.59 bits per heavy atom. The molecule has 10 heteroatoms. The van der Waals surface area contributed by atoms with Crippen molar-refractivity contribution in [2.24, 2.45) is 5.92 Å². The molecular formula is C31H34ClFN4O4. The Bertz CT molecular complexity index is 1530. The number of fused-ring (bicyclic) bond motifs is 1. The van der Waals surface area contributed by atoms with E-state index in [4.69, 9.17) is 31.0 Å². The molecule has 0 radical (unpaired) electrons. The quantitative estimate of drug-likeness (QED) is 0.219. The van der Waals surface area contributed by atoms with Crippen LogP contribution in [0.25, 0.3) is 11.0 Å². The van der Waals surface area contributed by atoms with Crippen molar-refractivity contribution in [3.8, 4) is 5.88 Å². The zero-order valence-electron chi connectivity index (χ0n) is 22.8. The van der Waals surface area contributed by atoms with Gasteiger partial charge in [0.25, 0.3) is 0 Å². The molecule has 1 atom stereocenters. The highest BCUT2D eigenvalue weighted by molar-refractivity contribution is 6.30. The number of nitrogens with zero attached hydrogens (tertiary/aromatic N) is 3. The molecule has 0 bridgehead atoms. The lowest BCUT2D eigenvalue weighted by atomic mass is 9.79. The molecule has 3 heterocycles. The van der Waals surface area contributed by atoms with E-state index in [9.17, 15) is 14.3 Å². The molecule has 8 nitrogen and oxygen atoms in total. The summed E-state index contributed by atoms with van der Waals surface area (Å²) in [6, 6.07) is 15.5. The molecule has 6 rings (SSSR count). The number of benzene rings is 2. The average molecular weight is 581 g/mol. The monoisotopic (exact) mass is 580 g/mol. The molecule has 0 amide bonds. The van der Waals surface area contributed by atoms with Gasteiger partial charge in [-0.05, 0) is 74.4 Å². The van der Waals surface area contributed by atoms with E-state index in [-0.39, 0.29) is 24.4 Å². The number of halogens is 2. The number of carbonyl (C=O) groups is 1. The van der Waals surface area contributed by atoms with E-state index in [0.717, 1.165) is 67.7 Å². The van der Waals surface area contributed by atoms with Crippen molar-refractivity contribution in [3.63, 3.8) is 0 Å². The van der Waals surface area contributed by atoms with Crippen LogP contribution >= 0.6 is 11.6 Å². The number of hydrogen-bond donors (Lipinski definition) is 2. The Labute approximate surface area is 243 Å². The van der Waals surface area contributed by atoms with Gasteiger partial charge in [-0.2, -0.15) is 0 Å². The van der Waals surface area contributed by atoms with Gasteiger partial charge < -0.3 is 25.3 Å². The Hall–Kier alpha value is -3.53. The highest BCUT2D eigenvalue weighted by Crippen LogP contribution is 2.37. The van der Waals surface area contributed by atoms with Gasteiger partial charge in [-0.25, -0.2) is 19.2 Å². The normalized spacial score (nSPS) is 20.3. The summed E-state index contributed by atoms with van der Waals surface area (Å²) >= 11 is 5.84. The third-order valence-electron chi connectivity index (χ3n) is 8.13. The first kappa shape index (κ1) is 29.0. The molecule has 4 N–H and O–H groups in total. The molecule has 2 fully saturated rings. The summed E-state index contributed by atoms with van der Waals surface area (Å²) in [5.74, 6) is 0.988. The molecular weight excluding hydrogens is 547 g/mol. The number of aromatic nitrogens is 3. The van der Waals surface area contributed by atoms with E-state index in [1.54, 1.807) is 36.4 Å². The zero-order valence-corrected chi connectivity index (χ0v) is 23.5. The lowest BCUT2D eigenvalue weighted by Crippen LogP contribution is -2.32. The molecule has 1 saturated carbocycles. The van der Waals surface area contributed by atoms with Gasteiger partial charge in [-0.3, -0.25) is 0 Å². The summed E-state index contributed by atoms with van der Waals surface area (Å²) in [5, 5.41) is 9.85. The minimum absolute atomic E-state index is 0. The van der Waals surface area contributed by atoms with Crippen molar-refractivity contribution >= 4 is 28.6 Å². The average Bonchev–Trinajstić information content (AvgIpc) is 3.26. The first-order valence-electron chi connectivity index (χ1n) is 13.8. The number of carboxylic acids is 1. The van der Waals surface area contributed by atoms with E-state index in [2.05, 4.69) is 4.57 Å². The first-order valence-corrected chi connectivity index (χ1v) is 14.2. The minimum atomic E-state index is -0.936. The van der Waals surface area contributed by atoms with Gasteiger partial charge in [0.15, 0.2) is 0 Å². The van der Waals surface area contributed by atoms with Gasteiger partial charge in [0.1, 0.15) is 18.2 Å². The van der Waals surface area contributed by atoms with Crippen LogP contribution < -0.4 is 10.9 Å².